The van der Waals surface area contributed by atoms with Crippen molar-refractivity contribution >= 4 is 0 Å². The van der Waals surface area contributed by atoms with Gasteiger partial charge < -0.3 is 9.47 Å². The minimum Gasteiger partial charge on any atom is -0.378 e. The Morgan fingerprint density at radius 2 is 1.69 bits per heavy atom. The lowest BCUT2D eigenvalue weighted by Gasteiger charge is -2.26. The van der Waals surface area contributed by atoms with Crippen molar-refractivity contribution in [2.75, 3.05) is 13.2 Å². The van der Waals surface area contributed by atoms with Crippen molar-refractivity contribution in [3.05, 3.63) is 0 Å². The summed E-state index contributed by atoms with van der Waals surface area (Å²) in [5.74, 6) is 0.501. The average molecular weight is 228 g/mol. The van der Waals surface area contributed by atoms with Gasteiger partial charge >= 0.3 is 0 Å². The first-order valence-corrected chi connectivity index (χ1v) is 6.73. The van der Waals surface area contributed by atoms with Crippen molar-refractivity contribution in [2.24, 2.45) is 5.92 Å². The largest absolute Gasteiger partial charge is 0.378 e. The highest BCUT2D eigenvalue weighted by Gasteiger charge is 2.16. The summed E-state index contributed by atoms with van der Waals surface area (Å²) in [6.07, 6.45) is 7.11. The van der Waals surface area contributed by atoms with Crippen molar-refractivity contribution in [1.82, 2.24) is 0 Å². The molecule has 0 radical (unpaired) electrons. The third-order valence-corrected chi connectivity index (χ3v) is 2.97. The van der Waals surface area contributed by atoms with Gasteiger partial charge in [-0.15, -0.1) is 0 Å². The van der Waals surface area contributed by atoms with Gasteiger partial charge in [-0.25, -0.2) is 0 Å². The molecular weight excluding hydrogens is 200 g/mol. The molecule has 0 unspecified atom stereocenters. The van der Waals surface area contributed by atoms with Crippen LogP contribution in [0, 0.1) is 5.92 Å². The molecule has 1 fully saturated rings. The van der Waals surface area contributed by atoms with E-state index in [0.29, 0.717) is 12.0 Å². The van der Waals surface area contributed by atoms with Crippen LogP contribution in [-0.4, -0.2) is 24.9 Å². The quantitative estimate of drug-likeness (QED) is 0.713. The van der Waals surface area contributed by atoms with Gasteiger partial charge in [0.2, 0.25) is 0 Å². The molecule has 0 heterocycles. The minimum absolute atomic E-state index is 0.0287. The summed E-state index contributed by atoms with van der Waals surface area (Å²) in [6, 6.07) is 0. The van der Waals surface area contributed by atoms with Gasteiger partial charge in [0, 0.05) is 5.92 Å². The van der Waals surface area contributed by atoms with E-state index < -0.39 is 0 Å². The molecule has 0 aromatic rings. The maximum absolute atomic E-state index is 5.93. The lowest BCUT2D eigenvalue weighted by molar-refractivity contribution is -0.0508. The van der Waals surface area contributed by atoms with Crippen molar-refractivity contribution in [3.63, 3.8) is 0 Å². The van der Waals surface area contributed by atoms with E-state index in [1.807, 2.05) is 0 Å². The number of hydrogen-bond acceptors (Lipinski definition) is 2. The molecule has 0 bridgehead atoms. The molecule has 2 heteroatoms. The zero-order valence-electron chi connectivity index (χ0n) is 11.4. The molecule has 0 aromatic carbocycles. The summed E-state index contributed by atoms with van der Waals surface area (Å²) < 4.78 is 11.7. The fourth-order valence-corrected chi connectivity index (χ4v) is 1.97. The fourth-order valence-electron chi connectivity index (χ4n) is 1.97. The van der Waals surface area contributed by atoms with Gasteiger partial charge in [-0.3, -0.25) is 0 Å². The molecule has 1 aliphatic carbocycles. The highest BCUT2D eigenvalue weighted by molar-refractivity contribution is 4.66. The summed E-state index contributed by atoms with van der Waals surface area (Å²) in [5.41, 5.74) is -0.0287. The number of rotatable bonds is 5. The van der Waals surface area contributed by atoms with Gasteiger partial charge in [0.25, 0.3) is 0 Å². The van der Waals surface area contributed by atoms with Crippen LogP contribution in [0.3, 0.4) is 0 Å². The first kappa shape index (κ1) is 14.0. The summed E-state index contributed by atoms with van der Waals surface area (Å²) in [6.45, 7) is 10.1. The van der Waals surface area contributed by atoms with Gasteiger partial charge in [0.1, 0.15) is 0 Å². The summed E-state index contributed by atoms with van der Waals surface area (Å²) in [5, 5.41) is 0. The smallest absolute Gasteiger partial charge is 0.0598 e. The third kappa shape index (κ3) is 6.49. The predicted octanol–water partition coefficient (Wildman–Crippen LogP) is 3.79. The van der Waals surface area contributed by atoms with Crippen LogP contribution in [-0.2, 0) is 9.47 Å². The predicted molar refractivity (Wildman–Crippen MR) is 67.7 cm³/mol. The standard InChI is InChI=1S/C14H28O2/c1-12(11-16-14(2,3)4)10-15-13-8-6-5-7-9-13/h12-13H,5-11H2,1-4H3/t12-/m1/s1. The molecule has 0 amide bonds. The van der Waals surface area contributed by atoms with Crippen LogP contribution in [0.25, 0.3) is 0 Å². The van der Waals surface area contributed by atoms with E-state index in [0.717, 1.165) is 13.2 Å². The number of hydrogen-bond donors (Lipinski definition) is 0. The Morgan fingerprint density at radius 3 is 2.25 bits per heavy atom. The second-order valence-corrected chi connectivity index (χ2v) is 6.12. The zero-order chi connectivity index (χ0) is 12.0. The number of ether oxygens (including phenoxy) is 2. The Balaban J connectivity index is 2.07. The van der Waals surface area contributed by atoms with E-state index in [1.54, 1.807) is 0 Å². The molecule has 0 aliphatic heterocycles. The first-order chi connectivity index (χ1) is 7.47. The topological polar surface area (TPSA) is 18.5 Å². The molecule has 0 N–H and O–H groups in total. The molecule has 1 atom stereocenters. The Labute approximate surface area is 101 Å². The first-order valence-electron chi connectivity index (χ1n) is 6.73. The van der Waals surface area contributed by atoms with Crippen LogP contribution >= 0.6 is 0 Å². The van der Waals surface area contributed by atoms with Crippen LogP contribution in [0.15, 0.2) is 0 Å². The highest BCUT2D eigenvalue weighted by Crippen LogP contribution is 2.21. The van der Waals surface area contributed by atoms with Crippen LogP contribution < -0.4 is 0 Å². The Bertz CT molecular complexity index is 178. The van der Waals surface area contributed by atoms with Crippen molar-refractivity contribution in [1.29, 1.82) is 0 Å². The zero-order valence-corrected chi connectivity index (χ0v) is 11.4. The fraction of sp³-hybridized carbons (Fsp3) is 1.00. The molecule has 0 aromatic heterocycles. The van der Waals surface area contributed by atoms with E-state index >= 15 is 0 Å². The highest BCUT2D eigenvalue weighted by atomic mass is 16.5. The van der Waals surface area contributed by atoms with E-state index in [-0.39, 0.29) is 5.60 Å². The SMILES string of the molecule is C[C@H](COC1CCCCC1)COC(C)(C)C. The molecule has 16 heavy (non-hydrogen) atoms. The molecular formula is C14H28O2. The van der Waals surface area contributed by atoms with Crippen LogP contribution in [0.4, 0.5) is 0 Å². The summed E-state index contributed by atoms with van der Waals surface area (Å²) in [4.78, 5) is 0. The van der Waals surface area contributed by atoms with Crippen molar-refractivity contribution in [2.45, 2.75) is 71.5 Å². The van der Waals surface area contributed by atoms with Gasteiger partial charge in [-0.2, -0.15) is 0 Å². The molecule has 2 nitrogen and oxygen atoms in total. The molecule has 1 saturated carbocycles. The van der Waals surface area contributed by atoms with Crippen LogP contribution in [0.2, 0.25) is 0 Å². The second kappa shape index (κ2) is 6.61. The Morgan fingerprint density at radius 1 is 1.06 bits per heavy atom. The Kier molecular flexibility index (Phi) is 5.77. The minimum atomic E-state index is -0.0287. The summed E-state index contributed by atoms with van der Waals surface area (Å²) in [7, 11) is 0. The van der Waals surface area contributed by atoms with Crippen molar-refractivity contribution in [3.8, 4) is 0 Å². The van der Waals surface area contributed by atoms with Gasteiger partial charge in [-0.05, 0) is 33.6 Å². The van der Waals surface area contributed by atoms with Crippen LogP contribution in [0.1, 0.15) is 59.8 Å². The van der Waals surface area contributed by atoms with E-state index in [2.05, 4.69) is 27.7 Å². The molecule has 0 spiro atoms. The van der Waals surface area contributed by atoms with E-state index in [1.165, 1.54) is 32.1 Å². The van der Waals surface area contributed by atoms with E-state index in [9.17, 15) is 0 Å². The maximum Gasteiger partial charge on any atom is 0.0598 e. The monoisotopic (exact) mass is 228 g/mol. The normalized spacial score (nSPS) is 21.0. The maximum atomic E-state index is 5.93. The van der Waals surface area contributed by atoms with Crippen LogP contribution in [0.5, 0.6) is 0 Å². The molecule has 1 aliphatic rings. The summed E-state index contributed by atoms with van der Waals surface area (Å²) >= 11 is 0. The lowest BCUT2D eigenvalue weighted by Crippen LogP contribution is -2.26. The van der Waals surface area contributed by atoms with Gasteiger partial charge in [-0.1, -0.05) is 26.2 Å². The molecule has 1 rings (SSSR count). The van der Waals surface area contributed by atoms with Crippen molar-refractivity contribution < 1.29 is 9.47 Å². The average Bonchev–Trinajstić information content (AvgIpc) is 2.24. The van der Waals surface area contributed by atoms with Gasteiger partial charge in [0.15, 0.2) is 0 Å². The molecule has 96 valence electrons. The van der Waals surface area contributed by atoms with Gasteiger partial charge in [0.05, 0.1) is 24.9 Å². The second-order valence-electron chi connectivity index (χ2n) is 6.12. The Hall–Kier alpha value is -0.0800. The molecule has 0 saturated heterocycles. The third-order valence-electron chi connectivity index (χ3n) is 2.97. The lowest BCUT2D eigenvalue weighted by atomic mass is 9.98. The van der Waals surface area contributed by atoms with E-state index in [4.69, 9.17) is 9.47 Å².